The molecule has 0 radical (unpaired) electrons. The fourth-order valence-electron chi connectivity index (χ4n) is 1.95. The van der Waals surface area contributed by atoms with Gasteiger partial charge in [-0.1, -0.05) is 15.9 Å². The molecule has 1 aromatic carbocycles. The van der Waals surface area contributed by atoms with Crippen LogP contribution in [0.3, 0.4) is 0 Å². The summed E-state index contributed by atoms with van der Waals surface area (Å²) in [6.45, 7) is 2.09. The molecule has 4 nitrogen and oxygen atoms in total. The molecule has 19 heavy (non-hydrogen) atoms. The van der Waals surface area contributed by atoms with E-state index in [0.717, 1.165) is 17.6 Å². The zero-order valence-corrected chi connectivity index (χ0v) is 13.2. The van der Waals surface area contributed by atoms with Crippen LogP contribution in [0, 0.1) is 0 Å². The summed E-state index contributed by atoms with van der Waals surface area (Å²) in [6.07, 6.45) is 3.31. The predicted molar refractivity (Wildman–Crippen MR) is 82.2 cm³/mol. The average molecular weight is 345 g/mol. The number of benzene rings is 1. The zero-order valence-electron chi connectivity index (χ0n) is 10.8. The molecule has 1 aromatic heterocycles. The molecular formula is C13H17BrN2O2S. The Kier molecular flexibility index (Phi) is 4.65. The molecule has 0 saturated heterocycles. The van der Waals surface area contributed by atoms with Crippen LogP contribution in [0.15, 0.2) is 34.9 Å². The Labute approximate surface area is 121 Å². The number of hydrogen-bond acceptors (Lipinski definition) is 3. The van der Waals surface area contributed by atoms with Crippen LogP contribution in [0.2, 0.25) is 0 Å². The summed E-state index contributed by atoms with van der Waals surface area (Å²) in [5, 5.41) is 4.35. The van der Waals surface area contributed by atoms with Gasteiger partial charge < -0.3 is 9.88 Å². The Morgan fingerprint density at radius 3 is 2.79 bits per heavy atom. The second-order valence-electron chi connectivity index (χ2n) is 4.59. The standard InChI is InChI=1S/C13H17BrN2O2S/c1-19(17,18)9-6-15-5-8-16-7-4-11-10-12(14)2-3-13(11)16/h2-4,7,10,15H,5-6,8-9H2,1H3. The van der Waals surface area contributed by atoms with Gasteiger partial charge in [-0.25, -0.2) is 8.42 Å². The van der Waals surface area contributed by atoms with E-state index in [9.17, 15) is 8.42 Å². The summed E-state index contributed by atoms with van der Waals surface area (Å²) in [7, 11) is -2.87. The van der Waals surface area contributed by atoms with Crippen molar-refractivity contribution < 1.29 is 8.42 Å². The van der Waals surface area contributed by atoms with E-state index in [2.05, 4.69) is 50.2 Å². The molecule has 0 unspecified atom stereocenters. The fraction of sp³-hybridized carbons (Fsp3) is 0.385. The highest BCUT2D eigenvalue weighted by Crippen LogP contribution is 2.20. The normalized spacial score (nSPS) is 12.1. The van der Waals surface area contributed by atoms with Crippen LogP contribution in [0.4, 0.5) is 0 Å². The topological polar surface area (TPSA) is 51.1 Å². The molecule has 0 atom stereocenters. The lowest BCUT2D eigenvalue weighted by molar-refractivity contribution is 0.589. The first kappa shape index (κ1) is 14.6. The number of sulfone groups is 1. The summed E-state index contributed by atoms with van der Waals surface area (Å²) < 4.78 is 25.2. The van der Waals surface area contributed by atoms with Gasteiger partial charge in [0, 0.05) is 47.5 Å². The van der Waals surface area contributed by atoms with E-state index in [1.54, 1.807) is 0 Å². The van der Waals surface area contributed by atoms with Gasteiger partial charge in [0.2, 0.25) is 0 Å². The molecular weight excluding hydrogens is 328 g/mol. The van der Waals surface area contributed by atoms with E-state index in [0.29, 0.717) is 6.54 Å². The number of aromatic nitrogens is 1. The van der Waals surface area contributed by atoms with Crippen LogP contribution in [0.1, 0.15) is 0 Å². The number of rotatable bonds is 6. The Morgan fingerprint density at radius 2 is 2.05 bits per heavy atom. The highest BCUT2D eigenvalue weighted by Gasteiger charge is 2.02. The van der Waals surface area contributed by atoms with Crippen molar-refractivity contribution in [1.29, 1.82) is 0 Å². The molecule has 0 aliphatic rings. The molecule has 0 aliphatic heterocycles. The molecule has 1 heterocycles. The van der Waals surface area contributed by atoms with Crippen LogP contribution >= 0.6 is 15.9 Å². The van der Waals surface area contributed by atoms with E-state index in [-0.39, 0.29) is 5.75 Å². The van der Waals surface area contributed by atoms with Crippen LogP contribution in [-0.2, 0) is 16.4 Å². The molecule has 2 aromatic rings. The Morgan fingerprint density at radius 1 is 1.26 bits per heavy atom. The largest absolute Gasteiger partial charge is 0.346 e. The summed E-state index contributed by atoms with van der Waals surface area (Å²) in [5.74, 6) is 0.187. The van der Waals surface area contributed by atoms with Gasteiger partial charge in [-0.2, -0.15) is 0 Å². The maximum atomic E-state index is 11.0. The van der Waals surface area contributed by atoms with Gasteiger partial charge in [0.15, 0.2) is 0 Å². The molecule has 6 heteroatoms. The number of nitrogens with one attached hydrogen (secondary N) is 1. The lowest BCUT2D eigenvalue weighted by atomic mass is 10.2. The lowest BCUT2D eigenvalue weighted by Crippen LogP contribution is -2.25. The van der Waals surface area contributed by atoms with Gasteiger partial charge >= 0.3 is 0 Å². The van der Waals surface area contributed by atoms with Crippen molar-refractivity contribution in [2.75, 3.05) is 25.1 Å². The van der Waals surface area contributed by atoms with Crippen LogP contribution < -0.4 is 5.32 Å². The van der Waals surface area contributed by atoms with Crippen molar-refractivity contribution in [1.82, 2.24) is 9.88 Å². The summed E-state index contributed by atoms with van der Waals surface area (Å²) in [6, 6.07) is 8.27. The lowest BCUT2D eigenvalue weighted by Gasteiger charge is -2.07. The van der Waals surface area contributed by atoms with E-state index < -0.39 is 9.84 Å². The van der Waals surface area contributed by atoms with E-state index in [1.165, 1.54) is 17.2 Å². The van der Waals surface area contributed by atoms with Crippen molar-refractivity contribution in [3.05, 3.63) is 34.9 Å². The van der Waals surface area contributed by atoms with Gasteiger partial charge in [-0.15, -0.1) is 0 Å². The third-order valence-electron chi connectivity index (χ3n) is 2.91. The first-order valence-electron chi connectivity index (χ1n) is 6.08. The summed E-state index contributed by atoms with van der Waals surface area (Å²) in [5.41, 5.74) is 1.19. The first-order chi connectivity index (χ1) is 8.96. The first-order valence-corrected chi connectivity index (χ1v) is 8.94. The van der Waals surface area contributed by atoms with Crippen molar-refractivity contribution >= 4 is 36.7 Å². The minimum Gasteiger partial charge on any atom is -0.346 e. The molecule has 1 N–H and O–H groups in total. The summed E-state index contributed by atoms with van der Waals surface area (Å²) >= 11 is 3.45. The monoisotopic (exact) mass is 344 g/mol. The van der Waals surface area contributed by atoms with Crippen LogP contribution in [0.5, 0.6) is 0 Å². The Bertz CT molecular complexity index is 664. The second-order valence-corrected chi connectivity index (χ2v) is 7.77. The third kappa shape index (κ3) is 4.33. The van der Waals surface area contributed by atoms with Crippen LogP contribution in [-0.4, -0.2) is 38.1 Å². The Hall–Kier alpha value is -0.850. The average Bonchev–Trinajstić information content (AvgIpc) is 2.69. The van der Waals surface area contributed by atoms with Gasteiger partial charge in [0.1, 0.15) is 9.84 Å². The molecule has 0 bridgehead atoms. The molecule has 0 aliphatic carbocycles. The van der Waals surface area contributed by atoms with Gasteiger partial charge in [0.25, 0.3) is 0 Å². The van der Waals surface area contributed by atoms with Crippen molar-refractivity contribution in [2.45, 2.75) is 6.54 Å². The van der Waals surface area contributed by atoms with Crippen molar-refractivity contribution in [3.63, 3.8) is 0 Å². The highest BCUT2D eigenvalue weighted by molar-refractivity contribution is 9.10. The van der Waals surface area contributed by atoms with Crippen molar-refractivity contribution in [3.8, 4) is 0 Å². The Balaban J connectivity index is 1.88. The van der Waals surface area contributed by atoms with Crippen molar-refractivity contribution in [2.24, 2.45) is 0 Å². The smallest absolute Gasteiger partial charge is 0.148 e. The van der Waals surface area contributed by atoms with E-state index in [4.69, 9.17) is 0 Å². The quantitative estimate of drug-likeness (QED) is 0.816. The van der Waals surface area contributed by atoms with Gasteiger partial charge in [-0.3, -0.25) is 0 Å². The molecule has 0 amide bonds. The number of fused-ring (bicyclic) bond motifs is 1. The number of nitrogens with zero attached hydrogens (tertiary/aromatic N) is 1. The summed E-state index contributed by atoms with van der Waals surface area (Å²) in [4.78, 5) is 0. The molecule has 0 spiro atoms. The molecule has 0 fully saturated rings. The van der Waals surface area contributed by atoms with Gasteiger partial charge in [0.05, 0.1) is 5.75 Å². The van der Waals surface area contributed by atoms with E-state index in [1.807, 2.05) is 6.07 Å². The number of halogens is 1. The number of hydrogen-bond donors (Lipinski definition) is 1. The SMILES string of the molecule is CS(=O)(=O)CCNCCn1ccc2cc(Br)ccc21. The maximum absolute atomic E-state index is 11.0. The molecule has 0 saturated carbocycles. The highest BCUT2D eigenvalue weighted by atomic mass is 79.9. The zero-order chi connectivity index (χ0) is 13.9. The fourth-order valence-corrected chi connectivity index (χ4v) is 2.84. The minimum absolute atomic E-state index is 0.187. The minimum atomic E-state index is -2.87. The third-order valence-corrected chi connectivity index (χ3v) is 4.35. The van der Waals surface area contributed by atoms with E-state index >= 15 is 0 Å². The molecule has 2 rings (SSSR count). The predicted octanol–water partition coefficient (Wildman–Crippen LogP) is 2.04. The maximum Gasteiger partial charge on any atom is 0.148 e. The molecule has 104 valence electrons. The van der Waals surface area contributed by atoms with Crippen LogP contribution in [0.25, 0.3) is 10.9 Å². The second kappa shape index (κ2) is 6.07. The van der Waals surface area contributed by atoms with Gasteiger partial charge in [-0.05, 0) is 24.3 Å².